The molecule has 1 aromatic rings. The van der Waals surface area contributed by atoms with Crippen molar-refractivity contribution >= 4 is 17.5 Å². The number of benzene rings is 1. The van der Waals surface area contributed by atoms with Crippen LogP contribution >= 0.6 is 11.6 Å². The molecule has 22 heavy (non-hydrogen) atoms. The number of amides is 1. The fraction of sp³-hybridized carbons (Fsp3) is 0.588. The van der Waals surface area contributed by atoms with Gasteiger partial charge in [-0.15, -0.1) is 0 Å². The van der Waals surface area contributed by atoms with Crippen LogP contribution in [0.15, 0.2) is 24.3 Å². The summed E-state index contributed by atoms with van der Waals surface area (Å²) < 4.78 is 5.53. The van der Waals surface area contributed by atoms with Gasteiger partial charge in [-0.2, -0.15) is 0 Å². The minimum Gasteiger partial charge on any atom is -0.491 e. The highest BCUT2D eigenvalue weighted by Crippen LogP contribution is 2.23. The Bertz CT molecular complexity index is 493. The van der Waals surface area contributed by atoms with Crippen molar-refractivity contribution in [1.29, 1.82) is 0 Å². The summed E-state index contributed by atoms with van der Waals surface area (Å²) in [5.74, 6) is 1.23. The fourth-order valence-electron chi connectivity index (χ4n) is 2.66. The molecule has 1 aliphatic heterocycles. The van der Waals surface area contributed by atoms with Gasteiger partial charge in [0, 0.05) is 19.1 Å². The van der Waals surface area contributed by atoms with E-state index in [-0.39, 0.29) is 5.91 Å². The lowest BCUT2D eigenvalue weighted by molar-refractivity contribution is -0.121. The number of nitrogens with zero attached hydrogens (tertiary/aromatic N) is 1. The van der Waals surface area contributed by atoms with E-state index in [1.54, 1.807) is 12.1 Å². The predicted octanol–water partition coefficient (Wildman–Crippen LogP) is 2.96. The lowest BCUT2D eigenvalue weighted by Crippen LogP contribution is -2.33. The van der Waals surface area contributed by atoms with Crippen LogP contribution in [0, 0.1) is 5.92 Å². The van der Waals surface area contributed by atoms with Crippen LogP contribution in [0.1, 0.15) is 26.7 Å². The zero-order valence-electron chi connectivity index (χ0n) is 13.3. The van der Waals surface area contributed by atoms with Crippen LogP contribution in [-0.4, -0.2) is 43.1 Å². The van der Waals surface area contributed by atoms with E-state index in [1.807, 2.05) is 12.1 Å². The number of hydrogen-bond donors (Lipinski definition) is 1. The molecule has 1 heterocycles. The van der Waals surface area contributed by atoms with Gasteiger partial charge in [-0.05, 0) is 44.9 Å². The van der Waals surface area contributed by atoms with Crippen LogP contribution < -0.4 is 10.1 Å². The second kappa shape index (κ2) is 8.39. The number of carbonyl (C=O) groups excluding carboxylic acids is 1. The van der Waals surface area contributed by atoms with E-state index in [1.165, 1.54) is 0 Å². The smallest absolute Gasteiger partial charge is 0.223 e. The summed E-state index contributed by atoms with van der Waals surface area (Å²) in [5.41, 5.74) is 0. The molecule has 1 atom stereocenters. The van der Waals surface area contributed by atoms with Crippen molar-refractivity contribution in [2.24, 2.45) is 5.92 Å². The Morgan fingerprint density at radius 3 is 2.91 bits per heavy atom. The molecule has 0 bridgehead atoms. The molecule has 4 nitrogen and oxygen atoms in total. The summed E-state index contributed by atoms with van der Waals surface area (Å²) >= 11 is 6.00. The van der Waals surface area contributed by atoms with Crippen molar-refractivity contribution in [3.8, 4) is 5.75 Å². The van der Waals surface area contributed by atoms with Crippen LogP contribution in [0.5, 0.6) is 5.75 Å². The predicted molar refractivity (Wildman–Crippen MR) is 89.4 cm³/mol. The third-order valence-corrected chi connectivity index (χ3v) is 4.37. The van der Waals surface area contributed by atoms with E-state index in [4.69, 9.17) is 16.3 Å². The largest absolute Gasteiger partial charge is 0.491 e. The summed E-state index contributed by atoms with van der Waals surface area (Å²) in [7, 11) is 0. The Morgan fingerprint density at radius 1 is 1.45 bits per heavy atom. The normalized spacial score (nSPS) is 18.6. The first kappa shape index (κ1) is 17.1. The highest BCUT2D eigenvalue weighted by molar-refractivity contribution is 6.32. The number of carbonyl (C=O) groups is 1. The van der Waals surface area contributed by atoms with Crippen LogP contribution in [0.2, 0.25) is 5.02 Å². The SMILES string of the molecule is CC(C)N1CC[C@@H](CNC(=O)CCOc2ccccc2Cl)C1. The zero-order valence-corrected chi connectivity index (χ0v) is 14.1. The molecule has 1 N–H and O–H groups in total. The highest BCUT2D eigenvalue weighted by atomic mass is 35.5. The van der Waals surface area contributed by atoms with Crippen molar-refractivity contribution in [3.05, 3.63) is 29.3 Å². The molecule has 0 radical (unpaired) electrons. The van der Waals surface area contributed by atoms with Gasteiger partial charge in [-0.25, -0.2) is 0 Å². The molecule has 1 fully saturated rings. The van der Waals surface area contributed by atoms with Crippen molar-refractivity contribution in [3.63, 3.8) is 0 Å². The quantitative estimate of drug-likeness (QED) is 0.838. The van der Waals surface area contributed by atoms with Crippen LogP contribution in [-0.2, 0) is 4.79 Å². The number of likely N-dealkylation sites (tertiary alicyclic amines) is 1. The maximum absolute atomic E-state index is 11.9. The minimum atomic E-state index is 0.0371. The Balaban J connectivity index is 1.62. The monoisotopic (exact) mass is 324 g/mol. The molecule has 0 spiro atoms. The fourth-order valence-corrected chi connectivity index (χ4v) is 2.85. The molecule has 122 valence electrons. The summed E-state index contributed by atoms with van der Waals surface area (Å²) in [5, 5.41) is 3.58. The molecule has 1 saturated heterocycles. The molecule has 1 amide bonds. The number of halogens is 1. The molecular formula is C17H25ClN2O2. The maximum atomic E-state index is 11.9. The van der Waals surface area contributed by atoms with Gasteiger partial charge in [0.15, 0.2) is 0 Å². The van der Waals surface area contributed by atoms with Crippen LogP contribution in [0.4, 0.5) is 0 Å². The second-order valence-electron chi connectivity index (χ2n) is 6.08. The Morgan fingerprint density at radius 2 is 2.23 bits per heavy atom. The van der Waals surface area contributed by atoms with E-state index in [0.29, 0.717) is 35.8 Å². The van der Waals surface area contributed by atoms with E-state index >= 15 is 0 Å². The Labute approximate surface area is 137 Å². The van der Waals surface area contributed by atoms with Gasteiger partial charge in [0.1, 0.15) is 5.75 Å². The lowest BCUT2D eigenvalue weighted by Gasteiger charge is -2.20. The van der Waals surface area contributed by atoms with Crippen molar-refractivity contribution < 1.29 is 9.53 Å². The van der Waals surface area contributed by atoms with Gasteiger partial charge >= 0.3 is 0 Å². The summed E-state index contributed by atoms with van der Waals surface area (Å²) in [6.07, 6.45) is 1.51. The van der Waals surface area contributed by atoms with Gasteiger partial charge in [-0.1, -0.05) is 23.7 Å². The number of nitrogens with one attached hydrogen (secondary N) is 1. The molecule has 0 unspecified atom stereocenters. The average Bonchev–Trinajstić information content (AvgIpc) is 2.96. The number of ether oxygens (including phenoxy) is 1. The number of hydrogen-bond acceptors (Lipinski definition) is 3. The Hall–Kier alpha value is -1.26. The highest BCUT2D eigenvalue weighted by Gasteiger charge is 2.24. The summed E-state index contributed by atoms with van der Waals surface area (Å²) in [6.45, 7) is 7.74. The third kappa shape index (κ3) is 5.18. The third-order valence-electron chi connectivity index (χ3n) is 4.06. The van der Waals surface area contributed by atoms with Crippen molar-refractivity contribution in [1.82, 2.24) is 10.2 Å². The van der Waals surface area contributed by atoms with E-state index < -0.39 is 0 Å². The standard InChI is InChI=1S/C17H25ClN2O2/c1-13(2)20-9-7-14(12-20)11-19-17(21)8-10-22-16-6-4-3-5-15(16)18/h3-6,13-14H,7-12H2,1-2H3,(H,19,21)/t14-/m0/s1. The molecular weight excluding hydrogens is 300 g/mol. The molecule has 5 heteroatoms. The minimum absolute atomic E-state index is 0.0371. The van der Waals surface area contributed by atoms with Crippen molar-refractivity contribution in [2.45, 2.75) is 32.7 Å². The average molecular weight is 325 g/mol. The first-order valence-corrected chi connectivity index (χ1v) is 8.32. The Kier molecular flexibility index (Phi) is 6.52. The van der Waals surface area contributed by atoms with Crippen LogP contribution in [0.3, 0.4) is 0 Å². The first-order valence-electron chi connectivity index (χ1n) is 7.94. The summed E-state index contributed by atoms with van der Waals surface area (Å²) in [6, 6.07) is 7.88. The maximum Gasteiger partial charge on any atom is 0.223 e. The van der Waals surface area contributed by atoms with Crippen molar-refractivity contribution in [2.75, 3.05) is 26.2 Å². The van der Waals surface area contributed by atoms with E-state index in [2.05, 4.69) is 24.1 Å². The first-order chi connectivity index (χ1) is 10.6. The van der Waals surface area contributed by atoms with E-state index in [9.17, 15) is 4.79 Å². The molecule has 1 aliphatic rings. The zero-order chi connectivity index (χ0) is 15.9. The molecule has 0 aromatic heterocycles. The molecule has 0 saturated carbocycles. The molecule has 0 aliphatic carbocycles. The topological polar surface area (TPSA) is 41.6 Å². The second-order valence-corrected chi connectivity index (χ2v) is 6.48. The number of rotatable bonds is 7. The van der Waals surface area contributed by atoms with Crippen LogP contribution in [0.25, 0.3) is 0 Å². The molecule has 1 aromatic carbocycles. The van der Waals surface area contributed by atoms with Gasteiger partial charge < -0.3 is 15.0 Å². The van der Waals surface area contributed by atoms with Gasteiger partial charge in [0.05, 0.1) is 18.1 Å². The van der Waals surface area contributed by atoms with Gasteiger partial charge in [0.2, 0.25) is 5.91 Å². The lowest BCUT2D eigenvalue weighted by atomic mass is 10.1. The summed E-state index contributed by atoms with van der Waals surface area (Å²) in [4.78, 5) is 14.3. The van der Waals surface area contributed by atoms with Gasteiger partial charge in [-0.3, -0.25) is 4.79 Å². The molecule has 2 rings (SSSR count). The van der Waals surface area contributed by atoms with Gasteiger partial charge in [0.25, 0.3) is 0 Å². The van der Waals surface area contributed by atoms with E-state index in [0.717, 1.165) is 26.1 Å². The number of para-hydroxylation sites is 1.